The number of hydrogen-bond acceptors (Lipinski definition) is 0. The van der Waals surface area contributed by atoms with Crippen LogP contribution in [0.4, 0.5) is 0 Å². The molecule has 1 N–H and O–H groups in total. The predicted molar refractivity (Wildman–Crippen MR) is 60.4 cm³/mol. The lowest BCUT2D eigenvalue weighted by Crippen LogP contribution is -1.88. The maximum atomic E-state index is 3.29. The fraction of sp³-hybridized carbons (Fsp3) is 0.231. The summed E-state index contributed by atoms with van der Waals surface area (Å²) in [5, 5.41) is 0. The lowest BCUT2D eigenvalue weighted by molar-refractivity contribution is 1.30. The van der Waals surface area contributed by atoms with Crippen LogP contribution in [0.5, 0.6) is 0 Å². The Labute approximate surface area is 84.8 Å². The normalized spacial score (nSPS) is 10.5. The molecule has 0 unspecified atom stereocenters. The topological polar surface area (TPSA) is 15.8 Å². The van der Waals surface area contributed by atoms with Crippen molar-refractivity contribution in [2.24, 2.45) is 0 Å². The van der Waals surface area contributed by atoms with Crippen molar-refractivity contribution in [3.63, 3.8) is 0 Å². The Hall–Kier alpha value is -1.50. The van der Waals surface area contributed by atoms with E-state index in [1.165, 1.54) is 27.9 Å². The molecule has 0 radical (unpaired) electrons. The molecule has 0 saturated heterocycles. The molecule has 1 heteroatoms. The third-order valence-corrected chi connectivity index (χ3v) is 2.83. The van der Waals surface area contributed by atoms with Crippen molar-refractivity contribution in [1.29, 1.82) is 0 Å². The van der Waals surface area contributed by atoms with E-state index in [1.54, 1.807) is 0 Å². The minimum atomic E-state index is 1.24. The molecule has 0 aliphatic carbocycles. The number of hydrogen-bond donors (Lipinski definition) is 1. The van der Waals surface area contributed by atoms with Crippen LogP contribution in [0.25, 0.3) is 11.3 Å². The maximum absolute atomic E-state index is 3.29. The Morgan fingerprint density at radius 1 is 0.929 bits per heavy atom. The Bertz CT molecular complexity index is 452. The SMILES string of the molecule is Cc1cc[nH]c1-c1cccc(C)c1C. The molecule has 1 heterocycles. The van der Waals surface area contributed by atoms with Gasteiger partial charge in [-0.25, -0.2) is 0 Å². The van der Waals surface area contributed by atoms with Gasteiger partial charge in [-0.05, 0) is 43.5 Å². The number of nitrogens with one attached hydrogen (secondary N) is 1. The first-order valence-electron chi connectivity index (χ1n) is 4.90. The van der Waals surface area contributed by atoms with Crippen molar-refractivity contribution in [3.05, 3.63) is 47.2 Å². The summed E-state index contributed by atoms with van der Waals surface area (Å²) in [6.45, 7) is 6.45. The Kier molecular flexibility index (Phi) is 2.16. The zero-order chi connectivity index (χ0) is 10.1. The summed E-state index contributed by atoms with van der Waals surface area (Å²) < 4.78 is 0. The second kappa shape index (κ2) is 3.33. The predicted octanol–water partition coefficient (Wildman–Crippen LogP) is 3.61. The smallest absolute Gasteiger partial charge is 0.0486 e. The molecule has 0 bridgehead atoms. The lowest BCUT2D eigenvalue weighted by atomic mass is 9.99. The molecule has 72 valence electrons. The van der Waals surface area contributed by atoms with Gasteiger partial charge in [0, 0.05) is 17.5 Å². The van der Waals surface area contributed by atoms with E-state index in [0.29, 0.717) is 0 Å². The molecular formula is C13H15N. The first-order chi connectivity index (χ1) is 6.70. The van der Waals surface area contributed by atoms with Crippen LogP contribution in [0.3, 0.4) is 0 Å². The second-order valence-electron chi connectivity index (χ2n) is 3.78. The first kappa shape index (κ1) is 9.07. The molecule has 2 rings (SSSR count). The Morgan fingerprint density at radius 2 is 1.71 bits per heavy atom. The highest BCUT2D eigenvalue weighted by atomic mass is 14.7. The summed E-state index contributed by atoms with van der Waals surface area (Å²) in [6.07, 6.45) is 1.99. The average molecular weight is 185 g/mol. The molecule has 2 aromatic rings. The van der Waals surface area contributed by atoms with Crippen molar-refractivity contribution in [3.8, 4) is 11.3 Å². The summed E-state index contributed by atoms with van der Waals surface area (Å²) >= 11 is 0. The number of aryl methyl sites for hydroxylation is 2. The maximum Gasteiger partial charge on any atom is 0.0486 e. The van der Waals surface area contributed by atoms with Crippen molar-refractivity contribution in [2.45, 2.75) is 20.8 Å². The van der Waals surface area contributed by atoms with Gasteiger partial charge < -0.3 is 4.98 Å². The van der Waals surface area contributed by atoms with Crippen LogP contribution in [0.1, 0.15) is 16.7 Å². The van der Waals surface area contributed by atoms with Gasteiger partial charge in [-0.1, -0.05) is 18.2 Å². The average Bonchev–Trinajstić information content (AvgIpc) is 2.57. The number of H-pyrrole nitrogens is 1. The molecule has 1 aromatic carbocycles. The van der Waals surface area contributed by atoms with Gasteiger partial charge in [0.1, 0.15) is 0 Å². The molecular weight excluding hydrogens is 170 g/mol. The van der Waals surface area contributed by atoms with Crippen LogP contribution < -0.4 is 0 Å². The van der Waals surface area contributed by atoms with E-state index in [0.717, 1.165) is 0 Å². The highest BCUT2D eigenvalue weighted by Crippen LogP contribution is 2.26. The second-order valence-corrected chi connectivity index (χ2v) is 3.78. The monoisotopic (exact) mass is 185 g/mol. The Morgan fingerprint density at radius 3 is 2.36 bits per heavy atom. The number of rotatable bonds is 1. The molecule has 1 aromatic heterocycles. The molecule has 0 saturated carbocycles. The van der Waals surface area contributed by atoms with Crippen molar-refractivity contribution in [1.82, 2.24) is 4.98 Å². The molecule has 0 aliphatic rings. The van der Waals surface area contributed by atoms with Gasteiger partial charge in [-0.15, -0.1) is 0 Å². The third-order valence-electron chi connectivity index (χ3n) is 2.83. The van der Waals surface area contributed by atoms with E-state index in [9.17, 15) is 0 Å². The molecule has 14 heavy (non-hydrogen) atoms. The minimum absolute atomic E-state index is 1.24. The van der Waals surface area contributed by atoms with Crippen LogP contribution in [0, 0.1) is 20.8 Å². The van der Waals surface area contributed by atoms with Crippen LogP contribution >= 0.6 is 0 Å². The lowest BCUT2D eigenvalue weighted by Gasteiger charge is -2.07. The summed E-state index contributed by atoms with van der Waals surface area (Å²) in [5.74, 6) is 0. The highest BCUT2D eigenvalue weighted by molar-refractivity contribution is 5.68. The largest absolute Gasteiger partial charge is 0.361 e. The summed E-state index contributed by atoms with van der Waals surface area (Å²) in [5.41, 5.74) is 6.56. The van der Waals surface area contributed by atoms with Crippen molar-refractivity contribution < 1.29 is 0 Å². The van der Waals surface area contributed by atoms with Crippen LogP contribution in [-0.4, -0.2) is 4.98 Å². The zero-order valence-electron chi connectivity index (χ0n) is 8.89. The van der Waals surface area contributed by atoms with E-state index < -0.39 is 0 Å². The molecule has 0 atom stereocenters. The molecule has 0 spiro atoms. The number of benzene rings is 1. The minimum Gasteiger partial charge on any atom is -0.361 e. The van der Waals surface area contributed by atoms with Gasteiger partial charge in [0.25, 0.3) is 0 Å². The summed E-state index contributed by atoms with van der Waals surface area (Å²) in [7, 11) is 0. The standard InChI is InChI=1S/C13H15N/c1-9-5-4-6-12(11(9)3)13-10(2)7-8-14-13/h4-8,14H,1-3H3. The van der Waals surface area contributed by atoms with E-state index in [2.05, 4.69) is 50.0 Å². The fourth-order valence-corrected chi connectivity index (χ4v) is 1.76. The quantitative estimate of drug-likeness (QED) is 0.698. The molecule has 1 nitrogen and oxygen atoms in total. The van der Waals surface area contributed by atoms with E-state index >= 15 is 0 Å². The summed E-state index contributed by atoms with van der Waals surface area (Å²) in [4.78, 5) is 3.29. The Balaban J connectivity index is 2.63. The molecule has 0 fully saturated rings. The third kappa shape index (κ3) is 1.35. The van der Waals surface area contributed by atoms with Crippen LogP contribution in [-0.2, 0) is 0 Å². The van der Waals surface area contributed by atoms with Gasteiger partial charge in [-0.3, -0.25) is 0 Å². The van der Waals surface area contributed by atoms with E-state index in [4.69, 9.17) is 0 Å². The van der Waals surface area contributed by atoms with Crippen LogP contribution in [0.15, 0.2) is 30.5 Å². The summed E-state index contributed by atoms with van der Waals surface area (Å²) in [6, 6.07) is 8.54. The zero-order valence-corrected chi connectivity index (χ0v) is 8.89. The van der Waals surface area contributed by atoms with Crippen molar-refractivity contribution in [2.75, 3.05) is 0 Å². The fourth-order valence-electron chi connectivity index (χ4n) is 1.76. The van der Waals surface area contributed by atoms with Gasteiger partial charge in [-0.2, -0.15) is 0 Å². The van der Waals surface area contributed by atoms with E-state index in [1.807, 2.05) is 6.20 Å². The van der Waals surface area contributed by atoms with Crippen LogP contribution in [0.2, 0.25) is 0 Å². The first-order valence-corrected chi connectivity index (χ1v) is 4.90. The molecule has 0 aliphatic heterocycles. The number of aromatic nitrogens is 1. The van der Waals surface area contributed by atoms with E-state index in [-0.39, 0.29) is 0 Å². The van der Waals surface area contributed by atoms with Crippen molar-refractivity contribution >= 4 is 0 Å². The van der Waals surface area contributed by atoms with Gasteiger partial charge in [0.2, 0.25) is 0 Å². The number of aromatic amines is 1. The molecule has 0 amide bonds. The van der Waals surface area contributed by atoms with Gasteiger partial charge >= 0.3 is 0 Å². The van der Waals surface area contributed by atoms with Gasteiger partial charge in [0.05, 0.1) is 0 Å². The van der Waals surface area contributed by atoms with Gasteiger partial charge in [0.15, 0.2) is 0 Å². The highest BCUT2D eigenvalue weighted by Gasteiger charge is 2.06.